The molecule has 0 saturated heterocycles. The van der Waals surface area contributed by atoms with Crippen molar-refractivity contribution < 1.29 is 18.7 Å². The topological polar surface area (TPSA) is 49.3 Å². The number of aryl methyl sites for hydroxylation is 1. The summed E-state index contributed by atoms with van der Waals surface area (Å²) in [4.78, 5) is 11.1. The van der Waals surface area contributed by atoms with Gasteiger partial charge in [0.05, 0.1) is 6.04 Å². The molecule has 3 rings (SSSR count). The third-order valence-corrected chi connectivity index (χ3v) is 4.78. The summed E-state index contributed by atoms with van der Waals surface area (Å²) >= 11 is 0. The summed E-state index contributed by atoms with van der Waals surface area (Å²) in [5, 5.41) is 11.7. The fourth-order valence-corrected chi connectivity index (χ4v) is 3.41. The van der Waals surface area contributed by atoms with E-state index in [2.05, 4.69) is 5.32 Å². The lowest BCUT2D eigenvalue weighted by molar-refractivity contribution is 0.161. The minimum absolute atomic E-state index is 0.200. The van der Waals surface area contributed by atoms with E-state index in [4.69, 9.17) is 5.11 Å². The first kappa shape index (κ1) is 16.4. The summed E-state index contributed by atoms with van der Waals surface area (Å²) in [5.74, 6) is -1.21. The van der Waals surface area contributed by atoms with Gasteiger partial charge >= 0.3 is 6.09 Å². The lowest BCUT2D eigenvalue weighted by Gasteiger charge is -2.40. The Kier molecular flexibility index (Phi) is 4.03. The Labute approximate surface area is 139 Å². The van der Waals surface area contributed by atoms with E-state index in [0.29, 0.717) is 11.1 Å². The monoisotopic (exact) mass is 331 g/mol. The van der Waals surface area contributed by atoms with Gasteiger partial charge in [0.2, 0.25) is 0 Å². The average molecular weight is 331 g/mol. The number of rotatable bonds is 2. The smallest absolute Gasteiger partial charge is 0.405 e. The molecule has 0 saturated carbocycles. The summed E-state index contributed by atoms with van der Waals surface area (Å²) < 4.78 is 27.1. The molecular weight excluding hydrogens is 312 g/mol. The summed E-state index contributed by atoms with van der Waals surface area (Å²) in [5.41, 5.74) is 2.72. The van der Waals surface area contributed by atoms with Crippen LogP contribution in [0, 0.1) is 17.0 Å². The van der Waals surface area contributed by atoms with Crippen molar-refractivity contribution in [3.63, 3.8) is 0 Å². The van der Waals surface area contributed by atoms with Gasteiger partial charge in [0.15, 0.2) is 0 Å². The highest BCUT2D eigenvalue weighted by Crippen LogP contribution is 2.44. The van der Waals surface area contributed by atoms with E-state index in [1.54, 1.807) is 6.07 Å². The Morgan fingerprint density at radius 2 is 1.96 bits per heavy atom. The maximum absolute atomic E-state index is 14.0. The number of carbonyl (C=O) groups is 1. The highest BCUT2D eigenvalue weighted by molar-refractivity contribution is 5.68. The summed E-state index contributed by atoms with van der Waals surface area (Å²) in [6, 6.07) is 8.68. The fraction of sp³-hybridized carbons (Fsp3) is 0.316. The summed E-state index contributed by atoms with van der Waals surface area (Å²) in [6.07, 6.45) is 0.548. The zero-order valence-electron chi connectivity index (χ0n) is 13.6. The molecule has 0 aromatic heterocycles. The van der Waals surface area contributed by atoms with E-state index in [1.807, 2.05) is 26.0 Å². The van der Waals surface area contributed by atoms with Crippen LogP contribution in [0.2, 0.25) is 0 Å². The largest absolute Gasteiger partial charge is 0.465 e. The van der Waals surface area contributed by atoms with Gasteiger partial charge in [-0.15, -0.1) is 0 Å². The molecule has 0 heterocycles. The molecule has 0 aliphatic heterocycles. The molecule has 1 amide bonds. The van der Waals surface area contributed by atoms with Gasteiger partial charge in [-0.05, 0) is 47.1 Å². The van der Waals surface area contributed by atoms with Crippen LogP contribution in [-0.2, 0) is 6.42 Å². The number of nitrogens with one attached hydrogen (secondary N) is 1. The SMILES string of the molecule is CC1(C)CCc2cc(-c3ccc(F)cc3F)ccc2[C@H]1NC(=O)O. The van der Waals surface area contributed by atoms with Crippen molar-refractivity contribution in [2.75, 3.05) is 0 Å². The fourth-order valence-electron chi connectivity index (χ4n) is 3.41. The van der Waals surface area contributed by atoms with Crippen LogP contribution >= 0.6 is 0 Å². The van der Waals surface area contributed by atoms with E-state index < -0.39 is 17.7 Å². The van der Waals surface area contributed by atoms with Crippen molar-refractivity contribution in [1.29, 1.82) is 0 Å². The van der Waals surface area contributed by atoms with Gasteiger partial charge in [0.25, 0.3) is 0 Å². The second-order valence-electron chi connectivity index (χ2n) is 6.91. The number of hydrogen-bond donors (Lipinski definition) is 2. The van der Waals surface area contributed by atoms with E-state index >= 15 is 0 Å². The Balaban J connectivity index is 2.04. The van der Waals surface area contributed by atoms with Crippen molar-refractivity contribution in [1.82, 2.24) is 5.32 Å². The lowest BCUT2D eigenvalue weighted by Crippen LogP contribution is -2.40. The maximum Gasteiger partial charge on any atom is 0.405 e. The number of fused-ring (bicyclic) bond motifs is 1. The molecule has 126 valence electrons. The van der Waals surface area contributed by atoms with Crippen LogP contribution in [0.1, 0.15) is 37.4 Å². The summed E-state index contributed by atoms with van der Waals surface area (Å²) in [7, 11) is 0. The number of hydrogen-bond acceptors (Lipinski definition) is 1. The van der Waals surface area contributed by atoms with Crippen LogP contribution in [0.3, 0.4) is 0 Å². The highest BCUT2D eigenvalue weighted by atomic mass is 19.1. The molecule has 2 aromatic carbocycles. The van der Waals surface area contributed by atoms with Crippen LogP contribution in [-0.4, -0.2) is 11.2 Å². The van der Waals surface area contributed by atoms with Gasteiger partial charge in [-0.25, -0.2) is 13.6 Å². The first-order valence-electron chi connectivity index (χ1n) is 7.85. The number of amides is 1. The molecule has 2 aromatic rings. The average Bonchev–Trinajstić information content (AvgIpc) is 2.50. The molecule has 1 aliphatic carbocycles. The van der Waals surface area contributed by atoms with Crippen LogP contribution in [0.15, 0.2) is 36.4 Å². The van der Waals surface area contributed by atoms with Gasteiger partial charge in [0, 0.05) is 11.6 Å². The minimum Gasteiger partial charge on any atom is -0.465 e. The van der Waals surface area contributed by atoms with E-state index in [-0.39, 0.29) is 11.5 Å². The van der Waals surface area contributed by atoms with Gasteiger partial charge in [-0.2, -0.15) is 0 Å². The second-order valence-corrected chi connectivity index (χ2v) is 6.91. The first-order valence-corrected chi connectivity index (χ1v) is 7.85. The van der Waals surface area contributed by atoms with Gasteiger partial charge < -0.3 is 10.4 Å². The zero-order chi connectivity index (χ0) is 17.5. The van der Waals surface area contributed by atoms with Crippen LogP contribution in [0.5, 0.6) is 0 Å². The van der Waals surface area contributed by atoms with Crippen LogP contribution < -0.4 is 5.32 Å². The maximum atomic E-state index is 14.0. The van der Waals surface area contributed by atoms with Crippen molar-refractivity contribution in [2.24, 2.45) is 5.41 Å². The number of halogens is 2. The third kappa shape index (κ3) is 2.98. The van der Waals surface area contributed by atoms with Crippen molar-refractivity contribution in [3.8, 4) is 11.1 Å². The molecule has 2 N–H and O–H groups in total. The van der Waals surface area contributed by atoms with Gasteiger partial charge in [0.1, 0.15) is 11.6 Å². The number of benzene rings is 2. The van der Waals surface area contributed by atoms with E-state index in [0.717, 1.165) is 30.0 Å². The third-order valence-electron chi connectivity index (χ3n) is 4.78. The van der Waals surface area contributed by atoms with Crippen LogP contribution in [0.4, 0.5) is 13.6 Å². The van der Waals surface area contributed by atoms with E-state index in [9.17, 15) is 13.6 Å². The molecule has 3 nitrogen and oxygen atoms in total. The molecule has 0 unspecified atom stereocenters. The molecular formula is C19H19F2NO2. The van der Waals surface area contributed by atoms with Crippen molar-refractivity contribution in [2.45, 2.75) is 32.7 Å². The Morgan fingerprint density at radius 3 is 2.62 bits per heavy atom. The first-order chi connectivity index (χ1) is 11.3. The Bertz CT molecular complexity index is 802. The quantitative estimate of drug-likeness (QED) is 0.821. The molecule has 1 aliphatic rings. The van der Waals surface area contributed by atoms with Crippen molar-refractivity contribution >= 4 is 6.09 Å². The molecule has 0 spiro atoms. The normalized spacial score (nSPS) is 18.8. The zero-order valence-corrected chi connectivity index (χ0v) is 13.6. The summed E-state index contributed by atoms with van der Waals surface area (Å²) in [6.45, 7) is 4.06. The highest BCUT2D eigenvalue weighted by Gasteiger charge is 2.37. The molecule has 0 radical (unpaired) electrons. The minimum atomic E-state index is -1.06. The molecule has 5 heteroatoms. The predicted molar refractivity (Wildman–Crippen MR) is 87.8 cm³/mol. The van der Waals surface area contributed by atoms with Crippen LogP contribution in [0.25, 0.3) is 11.1 Å². The van der Waals surface area contributed by atoms with E-state index in [1.165, 1.54) is 12.1 Å². The Morgan fingerprint density at radius 1 is 1.21 bits per heavy atom. The molecule has 24 heavy (non-hydrogen) atoms. The standard InChI is InChI=1S/C19H19F2NO2/c1-19(2)8-7-12-9-11(14-6-4-13(20)10-16(14)21)3-5-15(12)17(19)22-18(23)24/h3-6,9-10,17,22H,7-8H2,1-2H3,(H,23,24)/t17-/m1/s1. The van der Waals surface area contributed by atoms with Gasteiger partial charge in [-0.1, -0.05) is 32.0 Å². The molecule has 0 fully saturated rings. The van der Waals surface area contributed by atoms with Gasteiger partial charge in [-0.3, -0.25) is 0 Å². The Hall–Kier alpha value is -2.43. The van der Waals surface area contributed by atoms with Crippen molar-refractivity contribution in [3.05, 3.63) is 59.2 Å². The second kappa shape index (κ2) is 5.89. The molecule has 1 atom stereocenters. The number of carboxylic acid groups (broad SMARTS) is 1. The predicted octanol–water partition coefficient (Wildman–Crippen LogP) is 4.91. The lowest BCUT2D eigenvalue weighted by atomic mass is 9.70. The molecule has 0 bridgehead atoms.